The predicted molar refractivity (Wildman–Crippen MR) is 97.0 cm³/mol. The minimum absolute atomic E-state index is 0.0646. The summed E-state index contributed by atoms with van der Waals surface area (Å²) in [7, 11) is 0. The summed E-state index contributed by atoms with van der Waals surface area (Å²) < 4.78 is 0. The zero-order chi connectivity index (χ0) is 17.3. The average Bonchev–Trinajstić information content (AvgIpc) is 2.97. The van der Waals surface area contributed by atoms with E-state index in [2.05, 4.69) is 20.8 Å². The normalized spacial score (nSPS) is 16.7. The van der Waals surface area contributed by atoms with Crippen LogP contribution in [0.5, 0.6) is 0 Å². The number of anilines is 2. The minimum Gasteiger partial charge on any atom is -0.324 e. The van der Waals surface area contributed by atoms with Crippen LogP contribution in [0.4, 0.5) is 10.8 Å². The van der Waals surface area contributed by atoms with Gasteiger partial charge in [0.25, 0.3) is 0 Å². The molecule has 126 valence electrons. The number of aromatic nitrogens is 2. The molecule has 1 aliphatic heterocycles. The molecule has 2 heterocycles. The number of benzene rings is 1. The Labute approximate surface area is 152 Å². The monoisotopic (exact) mass is 382 g/mol. The number of rotatable bonds is 4. The van der Waals surface area contributed by atoms with Crippen molar-refractivity contribution in [1.82, 2.24) is 10.2 Å². The van der Waals surface area contributed by atoms with Crippen molar-refractivity contribution in [3.63, 3.8) is 0 Å². The summed E-state index contributed by atoms with van der Waals surface area (Å²) in [6.45, 7) is 4.03. The van der Waals surface area contributed by atoms with Gasteiger partial charge in [-0.05, 0) is 18.2 Å². The summed E-state index contributed by atoms with van der Waals surface area (Å²) in [4.78, 5) is 25.3. The number of nitrogens with zero attached hydrogens (tertiary/aromatic N) is 2. The number of halogens is 1. The number of carbonyl (C=O) groups is 2. The molecule has 1 aliphatic rings. The smallest absolute Gasteiger partial charge is 0.238 e. The van der Waals surface area contributed by atoms with Crippen LogP contribution in [0.25, 0.3) is 0 Å². The fraction of sp³-hybridized carbons (Fsp3) is 0.333. The number of fused-ring (bicyclic) bond motifs is 1. The van der Waals surface area contributed by atoms with Gasteiger partial charge >= 0.3 is 0 Å². The van der Waals surface area contributed by atoms with E-state index in [1.807, 2.05) is 19.9 Å². The molecular weight excluding hydrogens is 368 g/mol. The first-order chi connectivity index (χ1) is 11.4. The van der Waals surface area contributed by atoms with E-state index >= 15 is 0 Å². The van der Waals surface area contributed by atoms with Crippen LogP contribution in [-0.4, -0.2) is 27.3 Å². The van der Waals surface area contributed by atoms with E-state index in [-0.39, 0.29) is 24.2 Å². The zero-order valence-corrected chi connectivity index (χ0v) is 15.4. The van der Waals surface area contributed by atoms with Gasteiger partial charge in [0.1, 0.15) is 5.01 Å². The largest absolute Gasteiger partial charge is 0.324 e. The molecule has 2 aromatic rings. The van der Waals surface area contributed by atoms with E-state index in [1.165, 1.54) is 23.1 Å². The molecule has 2 N–H and O–H groups in total. The highest BCUT2D eigenvalue weighted by Crippen LogP contribution is 2.38. The van der Waals surface area contributed by atoms with Gasteiger partial charge in [-0.2, -0.15) is 0 Å². The van der Waals surface area contributed by atoms with E-state index in [9.17, 15) is 9.59 Å². The van der Waals surface area contributed by atoms with Crippen molar-refractivity contribution in [2.45, 2.75) is 36.3 Å². The van der Waals surface area contributed by atoms with E-state index in [4.69, 9.17) is 11.6 Å². The van der Waals surface area contributed by atoms with Gasteiger partial charge in [-0.3, -0.25) is 9.59 Å². The van der Waals surface area contributed by atoms with Crippen molar-refractivity contribution < 1.29 is 9.59 Å². The molecule has 0 spiro atoms. The SMILES string of the molecule is CC(C)c1nnc(NC(=O)CC2Sc3ccc(Cl)cc3NC2=O)s1. The first-order valence-electron chi connectivity index (χ1n) is 7.32. The van der Waals surface area contributed by atoms with Crippen LogP contribution in [0.1, 0.15) is 31.2 Å². The Morgan fingerprint density at radius 3 is 2.92 bits per heavy atom. The molecule has 0 saturated carbocycles. The summed E-state index contributed by atoms with van der Waals surface area (Å²) in [5, 5.41) is 14.9. The van der Waals surface area contributed by atoms with Crippen LogP contribution in [0.15, 0.2) is 23.1 Å². The van der Waals surface area contributed by atoms with Gasteiger partial charge in [0.05, 0.1) is 10.9 Å². The first-order valence-corrected chi connectivity index (χ1v) is 9.40. The van der Waals surface area contributed by atoms with Gasteiger partial charge in [0.2, 0.25) is 16.9 Å². The Hall–Kier alpha value is -1.64. The molecule has 0 radical (unpaired) electrons. The third-order valence-corrected chi connectivity index (χ3v) is 5.96. The quantitative estimate of drug-likeness (QED) is 0.841. The molecule has 1 aromatic heterocycles. The third-order valence-electron chi connectivity index (χ3n) is 3.31. The molecule has 0 saturated heterocycles. The van der Waals surface area contributed by atoms with Crippen LogP contribution < -0.4 is 10.6 Å². The number of hydrogen-bond donors (Lipinski definition) is 2. The van der Waals surface area contributed by atoms with E-state index < -0.39 is 5.25 Å². The molecular formula is C15H15ClN4O2S2. The van der Waals surface area contributed by atoms with Crippen molar-refractivity contribution in [1.29, 1.82) is 0 Å². The molecule has 1 unspecified atom stereocenters. The highest BCUT2D eigenvalue weighted by atomic mass is 35.5. The molecule has 2 amide bonds. The predicted octanol–water partition coefficient (Wildman–Crippen LogP) is 3.76. The highest BCUT2D eigenvalue weighted by Gasteiger charge is 2.29. The second kappa shape index (κ2) is 7.08. The second-order valence-electron chi connectivity index (χ2n) is 5.59. The van der Waals surface area contributed by atoms with Crippen LogP contribution >= 0.6 is 34.7 Å². The maximum atomic E-state index is 12.2. The molecule has 0 bridgehead atoms. The van der Waals surface area contributed by atoms with Crippen molar-refractivity contribution in [3.05, 3.63) is 28.2 Å². The molecule has 9 heteroatoms. The number of carbonyl (C=O) groups excluding carboxylic acids is 2. The zero-order valence-electron chi connectivity index (χ0n) is 13.0. The fourth-order valence-electron chi connectivity index (χ4n) is 2.11. The van der Waals surface area contributed by atoms with E-state index in [0.717, 1.165) is 9.90 Å². The van der Waals surface area contributed by atoms with Crippen molar-refractivity contribution in [2.24, 2.45) is 0 Å². The molecule has 1 atom stereocenters. The Bertz CT molecular complexity index is 794. The lowest BCUT2D eigenvalue weighted by Gasteiger charge is -2.23. The lowest BCUT2D eigenvalue weighted by atomic mass is 10.2. The van der Waals surface area contributed by atoms with Gasteiger partial charge in [0, 0.05) is 22.3 Å². The molecule has 3 rings (SSSR count). The Morgan fingerprint density at radius 2 is 2.21 bits per heavy atom. The second-order valence-corrected chi connectivity index (χ2v) is 8.28. The number of hydrogen-bond acceptors (Lipinski definition) is 6. The molecule has 6 nitrogen and oxygen atoms in total. The van der Waals surface area contributed by atoms with Gasteiger partial charge in [0.15, 0.2) is 0 Å². The summed E-state index contributed by atoms with van der Waals surface area (Å²) in [6, 6.07) is 5.30. The molecule has 1 aromatic carbocycles. The first kappa shape index (κ1) is 17.2. The van der Waals surface area contributed by atoms with Crippen LogP contribution in [0, 0.1) is 0 Å². The number of amides is 2. The molecule has 0 aliphatic carbocycles. The molecule has 0 fully saturated rings. The van der Waals surface area contributed by atoms with Crippen LogP contribution in [0.3, 0.4) is 0 Å². The van der Waals surface area contributed by atoms with Gasteiger partial charge < -0.3 is 10.6 Å². The third kappa shape index (κ3) is 3.88. The highest BCUT2D eigenvalue weighted by molar-refractivity contribution is 8.01. The minimum atomic E-state index is -0.490. The molecule has 24 heavy (non-hydrogen) atoms. The Kier molecular flexibility index (Phi) is 5.07. The Balaban J connectivity index is 1.64. The van der Waals surface area contributed by atoms with Crippen LogP contribution in [0.2, 0.25) is 5.02 Å². The maximum Gasteiger partial charge on any atom is 0.238 e. The fourth-order valence-corrected chi connectivity index (χ4v) is 4.14. The Morgan fingerprint density at radius 1 is 1.42 bits per heavy atom. The van der Waals surface area contributed by atoms with E-state index in [1.54, 1.807) is 12.1 Å². The average molecular weight is 383 g/mol. The van der Waals surface area contributed by atoms with Gasteiger partial charge in [-0.25, -0.2) is 0 Å². The van der Waals surface area contributed by atoms with Crippen LogP contribution in [-0.2, 0) is 9.59 Å². The van der Waals surface area contributed by atoms with Crippen molar-refractivity contribution in [3.8, 4) is 0 Å². The standard InChI is InChI=1S/C15H15ClN4O2S2/c1-7(2)14-19-20-15(24-14)18-12(21)6-11-13(22)17-9-5-8(16)3-4-10(9)23-11/h3-5,7,11H,6H2,1-2H3,(H,17,22)(H,18,20,21). The summed E-state index contributed by atoms with van der Waals surface area (Å²) >= 11 is 8.63. The summed E-state index contributed by atoms with van der Waals surface area (Å²) in [6.07, 6.45) is 0.0646. The number of thioether (sulfide) groups is 1. The topological polar surface area (TPSA) is 84.0 Å². The number of nitrogens with one attached hydrogen (secondary N) is 2. The summed E-state index contributed by atoms with van der Waals surface area (Å²) in [5.74, 6) is -0.201. The summed E-state index contributed by atoms with van der Waals surface area (Å²) in [5.41, 5.74) is 0.680. The lowest BCUT2D eigenvalue weighted by Crippen LogP contribution is -2.32. The lowest BCUT2D eigenvalue weighted by molar-refractivity contribution is -0.120. The van der Waals surface area contributed by atoms with Gasteiger partial charge in [-0.1, -0.05) is 36.8 Å². The van der Waals surface area contributed by atoms with Gasteiger partial charge in [-0.15, -0.1) is 22.0 Å². The maximum absolute atomic E-state index is 12.2. The van der Waals surface area contributed by atoms with Crippen molar-refractivity contribution >= 4 is 57.3 Å². The van der Waals surface area contributed by atoms with E-state index in [0.29, 0.717) is 15.8 Å². The van der Waals surface area contributed by atoms with Crippen molar-refractivity contribution in [2.75, 3.05) is 10.6 Å².